The monoisotopic (exact) mass is 452 g/mol. The van der Waals surface area contributed by atoms with E-state index in [1.165, 1.54) is 6.26 Å². The van der Waals surface area contributed by atoms with Crippen molar-refractivity contribution in [2.75, 3.05) is 25.3 Å². The minimum Gasteiger partial charge on any atom is -0.481 e. The number of rotatable bonds is 8. The van der Waals surface area contributed by atoms with Crippen LogP contribution in [0.3, 0.4) is 0 Å². The fourth-order valence-electron chi connectivity index (χ4n) is 3.27. The number of nitrogens with zero attached hydrogens (tertiary/aromatic N) is 1. The highest BCUT2D eigenvalue weighted by molar-refractivity contribution is 7.90. The van der Waals surface area contributed by atoms with Crippen LogP contribution < -0.4 is 15.0 Å². The van der Waals surface area contributed by atoms with Crippen molar-refractivity contribution in [3.8, 4) is 5.75 Å². The van der Waals surface area contributed by atoms with Crippen LogP contribution in [0.15, 0.2) is 83.8 Å². The van der Waals surface area contributed by atoms with Gasteiger partial charge in [-0.05, 0) is 54.4 Å². The van der Waals surface area contributed by atoms with Gasteiger partial charge in [-0.25, -0.2) is 8.42 Å². The molecule has 0 saturated carbocycles. The van der Waals surface area contributed by atoms with E-state index >= 15 is 0 Å². The molecule has 0 radical (unpaired) electrons. The summed E-state index contributed by atoms with van der Waals surface area (Å²) in [4.78, 5) is 15.2. The largest absolute Gasteiger partial charge is 0.481 e. The van der Waals surface area contributed by atoms with Gasteiger partial charge in [0.05, 0.1) is 10.9 Å². The molecule has 0 heterocycles. The first kappa shape index (κ1) is 23.3. The maximum absolute atomic E-state index is 13.0. The maximum atomic E-state index is 13.0. The van der Waals surface area contributed by atoms with E-state index in [2.05, 4.69) is 5.32 Å². The van der Waals surface area contributed by atoms with Crippen molar-refractivity contribution in [3.05, 3.63) is 90.0 Å². The fourth-order valence-corrected chi connectivity index (χ4v) is 3.90. The van der Waals surface area contributed by atoms with Crippen molar-refractivity contribution in [2.45, 2.75) is 24.0 Å². The average molecular weight is 453 g/mol. The molecule has 0 spiro atoms. The van der Waals surface area contributed by atoms with Gasteiger partial charge in [-0.3, -0.25) is 4.79 Å². The first-order valence-electron chi connectivity index (χ1n) is 10.2. The Bertz CT molecular complexity index is 1160. The SMILES string of the molecule is CC(Oc1ccccc1)C(=O)NC(c1ccc(S(C)(=O)=O)cc1)c1cccc(N(C)C)c1. The van der Waals surface area contributed by atoms with Gasteiger partial charge in [0.25, 0.3) is 5.91 Å². The van der Waals surface area contributed by atoms with Gasteiger partial charge in [0.1, 0.15) is 5.75 Å². The lowest BCUT2D eigenvalue weighted by atomic mass is 9.97. The first-order valence-corrected chi connectivity index (χ1v) is 12.1. The highest BCUT2D eigenvalue weighted by atomic mass is 32.2. The average Bonchev–Trinajstić information content (AvgIpc) is 2.77. The fraction of sp³-hybridized carbons (Fsp3) is 0.240. The van der Waals surface area contributed by atoms with Gasteiger partial charge in [0, 0.05) is 26.0 Å². The number of sulfone groups is 1. The number of nitrogens with one attached hydrogen (secondary N) is 1. The van der Waals surface area contributed by atoms with Crippen molar-refractivity contribution >= 4 is 21.4 Å². The highest BCUT2D eigenvalue weighted by Crippen LogP contribution is 2.27. The first-order chi connectivity index (χ1) is 15.1. The topological polar surface area (TPSA) is 75.7 Å². The van der Waals surface area contributed by atoms with E-state index in [1.807, 2.05) is 61.5 Å². The summed E-state index contributed by atoms with van der Waals surface area (Å²) in [5, 5.41) is 3.06. The molecule has 0 fully saturated rings. The Morgan fingerprint density at radius 3 is 2.16 bits per heavy atom. The number of anilines is 1. The summed E-state index contributed by atoms with van der Waals surface area (Å²) >= 11 is 0. The summed E-state index contributed by atoms with van der Waals surface area (Å²) < 4.78 is 29.5. The van der Waals surface area contributed by atoms with Gasteiger partial charge in [0.15, 0.2) is 15.9 Å². The number of amides is 1. The van der Waals surface area contributed by atoms with Gasteiger partial charge in [0.2, 0.25) is 0 Å². The molecule has 3 aromatic rings. The van der Waals surface area contributed by atoms with E-state index < -0.39 is 22.0 Å². The van der Waals surface area contributed by atoms with Crippen LogP contribution in [0.5, 0.6) is 5.75 Å². The van der Waals surface area contributed by atoms with Crippen LogP contribution >= 0.6 is 0 Å². The zero-order valence-electron chi connectivity index (χ0n) is 18.6. The number of benzene rings is 3. The summed E-state index contributed by atoms with van der Waals surface area (Å²) in [7, 11) is 0.583. The molecular formula is C25H28N2O4S. The third-order valence-electron chi connectivity index (χ3n) is 5.07. The van der Waals surface area contributed by atoms with Gasteiger partial charge >= 0.3 is 0 Å². The molecule has 2 atom stereocenters. The lowest BCUT2D eigenvalue weighted by molar-refractivity contribution is -0.127. The normalized spacial score (nSPS) is 13.1. The Balaban J connectivity index is 1.91. The summed E-state index contributed by atoms with van der Waals surface area (Å²) in [5.41, 5.74) is 2.64. The van der Waals surface area contributed by atoms with Crippen molar-refractivity contribution in [3.63, 3.8) is 0 Å². The van der Waals surface area contributed by atoms with E-state index in [-0.39, 0.29) is 10.8 Å². The van der Waals surface area contributed by atoms with Gasteiger partial charge in [-0.1, -0.05) is 42.5 Å². The van der Waals surface area contributed by atoms with Crippen molar-refractivity contribution in [1.82, 2.24) is 5.32 Å². The third-order valence-corrected chi connectivity index (χ3v) is 6.20. The molecule has 3 aromatic carbocycles. The Labute approximate surface area is 189 Å². The van der Waals surface area contributed by atoms with Crippen LogP contribution in [-0.2, 0) is 14.6 Å². The molecule has 1 N–H and O–H groups in total. The molecule has 3 rings (SSSR count). The number of carbonyl (C=O) groups is 1. The van der Waals surface area contributed by atoms with E-state index in [4.69, 9.17) is 4.74 Å². The van der Waals surface area contributed by atoms with Crippen molar-refractivity contribution in [1.29, 1.82) is 0 Å². The Morgan fingerprint density at radius 1 is 0.906 bits per heavy atom. The second-order valence-electron chi connectivity index (χ2n) is 7.85. The molecule has 0 aromatic heterocycles. The highest BCUT2D eigenvalue weighted by Gasteiger charge is 2.23. The molecule has 0 saturated heterocycles. The third kappa shape index (κ3) is 5.88. The van der Waals surface area contributed by atoms with Crippen molar-refractivity contribution in [2.24, 2.45) is 0 Å². The van der Waals surface area contributed by atoms with E-state index in [0.29, 0.717) is 5.75 Å². The maximum Gasteiger partial charge on any atom is 0.261 e. The quantitative estimate of drug-likeness (QED) is 0.562. The summed E-state index contributed by atoms with van der Waals surface area (Å²) in [6, 6.07) is 23.1. The Kier molecular flexibility index (Phi) is 7.20. The number of ether oxygens (including phenoxy) is 1. The van der Waals surface area contributed by atoms with E-state index in [9.17, 15) is 13.2 Å². The zero-order chi connectivity index (χ0) is 23.3. The standard InChI is InChI=1S/C25H28N2O4S/c1-18(31-22-11-6-5-7-12-22)25(28)26-24(20-9-8-10-21(17-20)27(2)3)19-13-15-23(16-14-19)32(4,29)30/h5-18,24H,1-4H3,(H,26,28). The van der Waals surface area contributed by atoms with Gasteiger partial charge < -0.3 is 15.0 Å². The molecule has 6 nitrogen and oxygen atoms in total. The lowest BCUT2D eigenvalue weighted by Crippen LogP contribution is -2.39. The summed E-state index contributed by atoms with van der Waals surface area (Å²) in [5.74, 6) is 0.333. The lowest BCUT2D eigenvalue weighted by Gasteiger charge is -2.24. The molecule has 0 aliphatic rings. The van der Waals surface area contributed by atoms with Gasteiger partial charge in [-0.15, -0.1) is 0 Å². The van der Waals surface area contributed by atoms with Crippen LogP contribution in [0.2, 0.25) is 0 Å². The smallest absolute Gasteiger partial charge is 0.261 e. The van der Waals surface area contributed by atoms with Crippen LogP contribution in [0.4, 0.5) is 5.69 Å². The second kappa shape index (κ2) is 9.87. The Morgan fingerprint density at radius 2 is 1.56 bits per heavy atom. The molecule has 2 unspecified atom stereocenters. The molecule has 32 heavy (non-hydrogen) atoms. The molecular weight excluding hydrogens is 424 g/mol. The molecule has 0 aliphatic carbocycles. The molecule has 0 bridgehead atoms. The molecule has 168 valence electrons. The van der Waals surface area contributed by atoms with E-state index in [1.54, 1.807) is 43.3 Å². The van der Waals surface area contributed by atoms with Gasteiger partial charge in [-0.2, -0.15) is 0 Å². The number of hydrogen-bond donors (Lipinski definition) is 1. The second-order valence-corrected chi connectivity index (χ2v) is 9.86. The predicted octanol–water partition coefficient (Wildman–Crippen LogP) is 3.83. The number of carbonyl (C=O) groups excluding carboxylic acids is 1. The molecule has 1 amide bonds. The van der Waals surface area contributed by atoms with Crippen LogP contribution in [0.25, 0.3) is 0 Å². The Hall–Kier alpha value is -3.32. The van der Waals surface area contributed by atoms with E-state index in [0.717, 1.165) is 16.8 Å². The summed E-state index contributed by atoms with van der Waals surface area (Å²) in [6.45, 7) is 1.70. The molecule has 0 aliphatic heterocycles. The number of hydrogen-bond acceptors (Lipinski definition) is 5. The minimum atomic E-state index is -3.31. The van der Waals surface area contributed by atoms with Crippen LogP contribution in [0, 0.1) is 0 Å². The van der Waals surface area contributed by atoms with Crippen LogP contribution in [0.1, 0.15) is 24.1 Å². The van der Waals surface area contributed by atoms with Crippen molar-refractivity contribution < 1.29 is 17.9 Å². The minimum absolute atomic E-state index is 0.231. The summed E-state index contributed by atoms with van der Waals surface area (Å²) in [6.07, 6.45) is 0.456. The number of para-hydroxylation sites is 1. The molecule has 7 heteroatoms. The van der Waals surface area contributed by atoms with Crippen LogP contribution in [-0.4, -0.2) is 40.8 Å². The predicted molar refractivity (Wildman–Crippen MR) is 127 cm³/mol. The zero-order valence-corrected chi connectivity index (χ0v) is 19.5.